The summed E-state index contributed by atoms with van der Waals surface area (Å²) in [6.07, 6.45) is 1.25. The standard InChI is InChI=1S/C23H27ClN2O2/c1-23(2)16-26(15-13-20(23)17-8-10-19(24)11-9-17)21(27)12-14-25-22(28)18-6-4-3-5-7-18/h3-11,20H,12-16H2,1-2H3,(H,25,28). The monoisotopic (exact) mass is 398 g/mol. The summed E-state index contributed by atoms with van der Waals surface area (Å²) in [6.45, 7) is 6.23. The van der Waals surface area contributed by atoms with Crippen molar-refractivity contribution in [1.82, 2.24) is 10.2 Å². The van der Waals surface area contributed by atoms with Crippen LogP contribution in [0.4, 0.5) is 0 Å². The largest absolute Gasteiger partial charge is 0.352 e. The highest BCUT2D eigenvalue weighted by molar-refractivity contribution is 6.30. The first-order chi connectivity index (χ1) is 13.4. The number of hydrogen-bond acceptors (Lipinski definition) is 2. The minimum atomic E-state index is -0.143. The molecule has 1 N–H and O–H groups in total. The van der Waals surface area contributed by atoms with E-state index in [2.05, 4.69) is 31.3 Å². The van der Waals surface area contributed by atoms with Crippen molar-refractivity contribution in [3.63, 3.8) is 0 Å². The SMILES string of the molecule is CC1(C)CN(C(=O)CCNC(=O)c2ccccc2)CCC1c1ccc(Cl)cc1. The van der Waals surface area contributed by atoms with E-state index < -0.39 is 0 Å². The molecule has 1 saturated heterocycles. The van der Waals surface area contributed by atoms with Crippen LogP contribution in [0, 0.1) is 5.41 Å². The summed E-state index contributed by atoms with van der Waals surface area (Å²) in [7, 11) is 0. The average Bonchev–Trinajstić information content (AvgIpc) is 2.68. The van der Waals surface area contributed by atoms with Crippen LogP contribution in [-0.2, 0) is 4.79 Å². The molecule has 0 aromatic heterocycles. The van der Waals surface area contributed by atoms with Crippen molar-refractivity contribution < 1.29 is 9.59 Å². The zero-order valence-electron chi connectivity index (χ0n) is 16.5. The molecule has 3 rings (SSSR count). The molecule has 148 valence electrons. The second-order valence-corrected chi connectivity index (χ2v) is 8.51. The fourth-order valence-corrected chi connectivity index (χ4v) is 4.14. The first-order valence-corrected chi connectivity index (χ1v) is 10.1. The minimum Gasteiger partial charge on any atom is -0.352 e. The Bertz CT molecular complexity index is 818. The van der Waals surface area contributed by atoms with Crippen molar-refractivity contribution in [3.8, 4) is 0 Å². The molecular formula is C23H27ClN2O2. The summed E-state index contributed by atoms with van der Waals surface area (Å²) in [5, 5.41) is 3.57. The lowest BCUT2D eigenvalue weighted by Crippen LogP contribution is -2.47. The number of carbonyl (C=O) groups excluding carboxylic acids is 2. The number of nitrogens with one attached hydrogen (secondary N) is 1. The quantitative estimate of drug-likeness (QED) is 0.805. The minimum absolute atomic E-state index is 0.0188. The van der Waals surface area contributed by atoms with Gasteiger partial charge in [-0.2, -0.15) is 0 Å². The van der Waals surface area contributed by atoms with Crippen molar-refractivity contribution in [2.24, 2.45) is 5.41 Å². The van der Waals surface area contributed by atoms with Gasteiger partial charge < -0.3 is 10.2 Å². The zero-order chi connectivity index (χ0) is 20.1. The van der Waals surface area contributed by atoms with E-state index in [1.54, 1.807) is 12.1 Å². The van der Waals surface area contributed by atoms with E-state index in [1.165, 1.54) is 5.56 Å². The molecule has 1 heterocycles. The topological polar surface area (TPSA) is 49.4 Å². The summed E-state index contributed by atoms with van der Waals surface area (Å²) >= 11 is 6.01. The molecule has 0 radical (unpaired) electrons. The molecule has 1 unspecified atom stereocenters. The first-order valence-electron chi connectivity index (χ1n) is 9.73. The van der Waals surface area contributed by atoms with E-state index in [0.717, 1.165) is 18.0 Å². The number of benzene rings is 2. The average molecular weight is 399 g/mol. The summed E-state index contributed by atoms with van der Waals surface area (Å²) in [5.74, 6) is 0.345. The van der Waals surface area contributed by atoms with Gasteiger partial charge in [-0.3, -0.25) is 9.59 Å². The fraction of sp³-hybridized carbons (Fsp3) is 0.391. The molecule has 4 nitrogen and oxygen atoms in total. The molecule has 2 amide bonds. The molecule has 2 aromatic rings. The van der Waals surface area contributed by atoms with Gasteiger partial charge in [0.1, 0.15) is 0 Å². The molecule has 0 bridgehead atoms. The predicted octanol–water partition coefficient (Wildman–Crippen LogP) is 4.50. The van der Waals surface area contributed by atoms with Crippen LogP contribution in [0.15, 0.2) is 54.6 Å². The number of halogens is 1. The van der Waals surface area contributed by atoms with Crippen LogP contribution in [-0.4, -0.2) is 36.3 Å². The lowest BCUT2D eigenvalue weighted by molar-refractivity contribution is -0.134. The highest BCUT2D eigenvalue weighted by Crippen LogP contribution is 2.42. The van der Waals surface area contributed by atoms with Crippen molar-refractivity contribution >= 4 is 23.4 Å². The van der Waals surface area contributed by atoms with Gasteiger partial charge in [-0.15, -0.1) is 0 Å². The third-order valence-electron chi connectivity index (χ3n) is 5.51. The number of likely N-dealkylation sites (tertiary alicyclic amines) is 1. The smallest absolute Gasteiger partial charge is 0.251 e. The molecule has 2 aromatic carbocycles. The van der Waals surface area contributed by atoms with Gasteiger partial charge in [0.25, 0.3) is 5.91 Å². The second kappa shape index (κ2) is 8.78. The molecule has 1 aliphatic heterocycles. The molecule has 1 aliphatic rings. The van der Waals surface area contributed by atoms with Crippen LogP contribution in [0.5, 0.6) is 0 Å². The molecule has 1 atom stereocenters. The van der Waals surface area contributed by atoms with Gasteiger partial charge in [0.05, 0.1) is 0 Å². The van der Waals surface area contributed by atoms with Crippen LogP contribution in [0.2, 0.25) is 5.02 Å². The fourth-order valence-electron chi connectivity index (χ4n) is 4.02. The van der Waals surface area contributed by atoms with Gasteiger partial charge >= 0.3 is 0 Å². The van der Waals surface area contributed by atoms with E-state index in [0.29, 0.717) is 31.0 Å². The van der Waals surface area contributed by atoms with Gasteiger partial charge in [-0.1, -0.05) is 55.8 Å². The number of nitrogens with zero attached hydrogens (tertiary/aromatic N) is 1. The number of rotatable bonds is 5. The van der Waals surface area contributed by atoms with Gasteiger partial charge in [0, 0.05) is 36.6 Å². The number of amides is 2. The van der Waals surface area contributed by atoms with Crippen LogP contribution in [0.25, 0.3) is 0 Å². The van der Waals surface area contributed by atoms with E-state index >= 15 is 0 Å². The molecule has 28 heavy (non-hydrogen) atoms. The Morgan fingerprint density at radius 2 is 1.79 bits per heavy atom. The lowest BCUT2D eigenvalue weighted by Gasteiger charge is -2.44. The molecule has 0 saturated carbocycles. The van der Waals surface area contributed by atoms with Crippen molar-refractivity contribution in [2.45, 2.75) is 32.6 Å². The third-order valence-corrected chi connectivity index (χ3v) is 5.77. The molecule has 1 fully saturated rings. The maximum atomic E-state index is 12.6. The van der Waals surface area contributed by atoms with Crippen LogP contribution >= 0.6 is 11.6 Å². The van der Waals surface area contributed by atoms with Crippen LogP contribution < -0.4 is 5.32 Å². The summed E-state index contributed by atoms with van der Waals surface area (Å²) in [4.78, 5) is 26.7. The molecule has 5 heteroatoms. The highest BCUT2D eigenvalue weighted by atomic mass is 35.5. The van der Waals surface area contributed by atoms with Crippen LogP contribution in [0.1, 0.15) is 48.5 Å². The van der Waals surface area contributed by atoms with E-state index in [4.69, 9.17) is 11.6 Å². The van der Waals surface area contributed by atoms with Crippen molar-refractivity contribution in [1.29, 1.82) is 0 Å². The molecule has 0 spiro atoms. The van der Waals surface area contributed by atoms with Gasteiger partial charge in [-0.25, -0.2) is 0 Å². The Hall–Kier alpha value is -2.33. The molecular weight excluding hydrogens is 372 g/mol. The summed E-state index contributed by atoms with van der Waals surface area (Å²) in [5.41, 5.74) is 1.87. The maximum absolute atomic E-state index is 12.6. The van der Waals surface area contributed by atoms with E-state index in [9.17, 15) is 9.59 Å². The van der Waals surface area contributed by atoms with Crippen molar-refractivity contribution in [2.75, 3.05) is 19.6 Å². The summed E-state index contributed by atoms with van der Waals surface area (Å²) < 4.78 is 0. The Kier molecular flexibility index (Phi) is 6.40. The van der Waals surface area contributed by atoms with Gasteiger partial charge in [-0.05, 0) is 47.6 Å². The number of carbonyl (C=O) groups is 2. The predicted molar refractivity (Wildman–Crippen MR) is 113 cm³/mol. The van der Waals surface area contributed by atoms with E-state index in [1.807, 2.05) is 35.2 Å². The molecule has 0 aliphatic carbocycles. The van der Waals surface area contributed by atoms with Gasteiger partial charge in [0.2, 0.25) is 5.91 Å². The van der Waals surface area contributed by atoms with Gasteiger partial charge in [0.15, 0.2) is 0 Å². The Balaban J connectivity index is 1.52. The Labute approximate surface area is 171 Å². The summed E-state index contributed by atoms with van der Waals surface area (Å²) in [6, 6.07) is 17.1. The Morgan fingerprint density at radius 1 is 1.11 bits per heavy atom. The maximum Gasteiger partial charge on any atom is 0.251 e. The number of hydrogen-bond donors (Lipinski definition) is 1. The zero-order valence-corrected chi connectivity index (χ0v) is 17.2. The third kappa shape index (κ3) is 4.93. The second-order valence-electron chi connectivity index (χ2n) is 8.07. The van der Waals surface area contributed by atoms with Crippen LogP contribution in [0.3, 0.4) is 0 Å². The van der Waals surface area contributed by atoms with Crippen molar-refractivity contribution in [3.05, 3.63) is 70.7 Å². The number of piperidine rings is 1. The lowest BCUT2D eigenvalue weighted by atomic mass is 9.70. The normalized spacial score (nSPS) is 18.5. The Morgan fingerprint density at radius 3 is 2.43 bits per heavy atom. The first kappa shape index (κ1) is 20.4. The highest BCUT2D eigenvalue weighted by Gasteiger charge is 2.38. The van der Waals surface area contributed by atoms with E-state index in [-0.39, 0.29) is 17.2 Å².